The highest BCUT2D eigenvalue weighted by molar-refractivity contribution is 5.42. The monoisotopic (exact) mass is 286 g/mol. The Hall–Kier alpha value is -1.30. The number of allylic oxidation sites excluding steroid dienone is 4. The quantitative estimate of drug-likeness (QED) is 0.521. The van der Waals surface area contributed by atoms with Gasteiger partial charge < -0.3 is 0 Å². The molecule has 0 spiro atoms. The summed E-state index contributed by atoms with van der Waals surface area (Å²) in [7, 11) is 0. The van der Waals surface area contributed by atoms with Crippen LogP contribution in [0.5, 0.6) is 0 Å². The van der Waals surface area contributed by atoms with Crippen LogP contribution in [0.2, 0.25) is 0 Å². The van der Waals surface area contributed by atoms with Gasteiger partial charge in [0.05, 0.1) is 0 Å². The first-order valence-electron chi connectivity index (χ1n) is 8.68. The number of benzene rings is 1. The van der Waals surface area contributed by atoms with E-state index in [0.29, 0.717) is 0 Å². The third-order valence-electron chi connectivity index (χ3n) is 3.99. The van der Waals surface area contributed by atoms with Gasteiger partial charge in [0.25, 0.3) is 0 Å². The van der Waals surface area contributed by atoms with Crippen molar-refractivity contribution in [2.45, 2.75) is 72.6 Å². The van der Waals surface area contributed by atoms with Crippen LogP contribution in [0, 0.1) is 0 Å². The molecule has 0 aliphatic heterocycles. The Labute approximate surface area is 133 Å². The molecule has 0 nitrogen and oxygen atoms in total. The predicted molar refractivity (Wildman–Crippen MR) is 97.9 cm³/mol. The molecule has 1 aromatic carbocycles. The third-order valence-corrected chi connectivity index (χ3v) is 3.99. The van der Waals surface area contributed by atoms with Crippen LogP contribution >= 0.6 is 0 Å². The molecule has 1 saturated carbocycles. The molecule has 0 heteroatoms. The molecule has 0 aromatic heterocycles. The average molecular weight is 287 g/mol. The minimum Gasteiger partial charge on any atom is -0.0874 e. The number of hydrogen-bond acceptors (Lipinski definition) is 0. The summed E-state index contributed by atoms with van der Waals surface area (Å²) >= 11 is 0. The fourth-order valence-electron chi connectivity index (χ4n) is 3.19. The van der Waals surface area contributed by atoms with Crippen molar-refractivity contribution in [3.8, 4) is 0 Å². The van der Waals surface area contributed by atoms with Gasteiger partial charge >= 0.3 is 0 Å². The smallest absolute Gasteiger partial charge is 0.0199 e. The predicted octanol–water partition coefficient (Wildman–Crippen LogP) is 7.07. The van der Waals surface area contributed by atoms with E-state index < -0.39 is 0 Å². The van der Waals surface area contributed by atoms with E-state index in [9.17, 15) is 0 Å². The van der Waals surface area contributed by atoms with Crippen molar-refractivity contribution in [3.05, 3.63) is 59.7 Å². The van der Waals surface area contributed by atoms with Crippen molar-refractivity contribution >= 4 is 0 Å². The average Bonchev–Trinajstić information content (AvgIpc) is 3.08. The van der Waals surface area contributed by atoms with Crippen LogP contribution in [0.4, 0.5) is 0 Å². The molecule has 2 rings (SSSR count). The Bertz CT molecular complexity index is 403. The van der Waals surface area contributed by atoms with Crippen molar-refractivity contribution in [1.82, 2.24) is 0 Å². The van der Waals surface area contributed by atoms with Crippen LogP contribution in [-0.4, -0.2) is 0 Å². The summed E-state index contributed by atoms with van der Waals surface area (Å²) < 4.78 is 0. The second kappa shape index (κ2) is 11.4. The molecule has 21 heavy (non-hydrogen) atoms. The molecule has 0 saturated heterocycles. The van der Waals surface area contributed by atoms with Gasteiger partial charge in [0.15, 0.2) is 0 Å². The van der Waals surface area contributed by atoms with Gasteiger partial charge in [-0.05, 0) is 37.8 Å². The molecular weight excluding hydrogens is 252 g/mol. The van der Waals surface area contributed by atoms with E-state index in [1.807, 2.05) is 27.7 Å². The van der Waals surface area contributed by atoms with Gasteiger partial charge in [0.1, 0.15) is 0 Å². The van der Waals surface area contributed by atoms with Crippen LogP contribution in [0.1, 0.15) is 72.8 Å². The summed E-state index contributed by atoms with van der Waals surface area (Å²) in [6, 6.07) is 11.0. The van der Waals surface area contributed by atoms with E-state index >= 15 is 0 Å². The fourth-order valence-corrected chi connectivity index (χ4v) is 3.19. The van der Waals surface area contributed by atoms with E-state index in [1.54, 1.807) is 0 Å². The molecular formula is C21H34. The minimum absolute atomic E-state index is 0.280. The van der Waals surface area contributed by atoms with Gasteiger partial charge in [0.2, 0.25) is 0 Å². The van der Waals surface area contributed by atoms with Crippen LogP contribution in [0.15, 0.2) is 54.1 Å². The molecule has 1 aromatic rings. The third kappa shape index (κ3) is 4.88. The Morgan fingerprint density at radius 2 is 1.43 bits per heavy atom. The van der Waals surface area contributed by atoms with Crippen molar-refractivity contribution < 1.29 is 0 Å². The normalized spacial score (nSPS) is 16.8. The highest BCUT2D eigenvalue weighted by Crippen LogP contribution is 2.46. The number of hydrogen-bond donors (Lipinski definition) is 0. The zero-order chi connectivity index (χ0) is 16.1. The Morgan fingerprint density at radius 1 is 0.905 bits per heavy atom. The van der Waals surface area contributed by atoms with E-state index in [4.69, 9.17) is 0 Å². The standard InChI is InChI=1S/C17H22.2C2H6/c1-3-10-15(4-2)17(13-8-9-14-17)16-11-6-5-7-12-16;2*1-2/h3-7,10-12H,8-9,13-14H2,1-2H3;2*1-2H3/b10-3-,15-4+;;. The van der Waals surface area contributed by atoms with Crippen LogP contribution < -0.4 is 0 Å². The van der Waals surface area contributed by atoms with Crippen LogP contribution in [0.3, 0.4) is 0 Å². The number of rotatable bonds is 3. The summed E-state index contributed by atoms with van der Waals surface area (Å²) in [5, 5.41) is 0. The van der Waals surface area contributed by atoms with Crippen molar-refractivity contribution in [2.75, 3.05) is 0 Å². The molecule has 0 atom stereocenters. The zero-order valence-corrected chi connectivity index (χ0v) is 14.9. The molecule has 1 aliphatic carbocycles. The molecule has 118 valence electrons. The van der Waals surface area contributed by atoms with Crippen molar-refractivity contribution in [1.29, 1.82) is 0 Å². The lowest BCUT2D eigenvalue weighted by atomic mass is 9.72. The SMILES string of the molecule is C/C=C\C(=C/C)C1(c2ccccc2)CCCC1.CC.CC. The zero-order valence-electron chi connectivity index (χ0n) is 14.9. The summed E-state index contributed by atoms with van der Waals surface area (Å²) in [6.45, 7) is 12.3. The second-order valence-corrected chi connectivity index (χ2v) is 4.90. The molecule has 0 heterocycles. The Kier molecular flexibility index (Phi) is 10.7. The topological polar surface area (TPSA) is 0 Å². The highest BCUT2D eigenvalue weighted by Gasteiger charge is 2.37. The van der Waals surface area contributed by atoms with Gasteiger partial charge in [0, 0.05) is 5.41 Å². The van der Waals surface area contributed by atoms with Crippen LogP contribution in [0.25, 0.3) is 0 Å². The molecule has 0 bridgehead atoms. The molecule has 1 fully saturated rings. The fraction of sp³-hybridized carbons (Fsp3) is 0.524. The van der Waals surface area contributed by atoms with Gasteiger partial charge in [-0.1, -0.05) is 89.1 Å². The van der Waals surface area contributed by atoms with Crippen LogP contribution in [-0.2, 0) is 5.41 Å². The summed E-state index contributed by atoms with van der Waals surface area (Å²) in [4.78, 5) is 0. The van der Waals surface area contributed by atoms with Gasteiger partial charge in [-0.25, -0.2) is 0 Å². The molecule has 0 amide bonds. The highest BCUT2D eigenvalue weighted by atomic mass is 14.4. The summed E-state index contributed by atoms with van der Waals surface area (Å²) in [5.74, 6) is 0. The maximum absolute atomic E-state index is 2.29. The van der Waals surface area contributed by atoms with E-state index in [1.165, 1.54) is 36.8 Å². The first kappa shape index (κ1) is 19.7. The molecule has 0 radical (unpaired) electrons. The molecule has 0 N–H and O–H groups in total. The second-order valence-electron chi connectivity index (χ2n) is 4.90. The Morgan fingerprint density at radius 3 is 1.86 bits per heavy atom. The lowest BCUT2D eigenvalue weighted by molar-refractivity contribution is 0.533. The lowest BCUT2D eigenvalue weighted by Crippen LogP contribution is -2.24. The first-order valence-corrected chi connectivity index (χ1v) is 8.68. The summed E-state index contributed by atoms with van der Waals surface area (Å²) in [5.41, 5.74) is 3.26. The van der Waals surface area contributed by atoms with Crippen molar-refractivity contribution in [2.24, 2.45) is 0 Å². The van der Waals surface area contributed by atoms with E-state index in [2.05, 4.69) is 62.4 Å². The largest absolute Gasteiger partial charge is 0.0874 e. The molecule has 0 unspecified atom stereocenters. The van der Waals surface area contributed by atoms with E-state index in [-0.39, 0.29) is 5.41 Å². The first-order chi connectivity index (χ1) is 10.3. The minimum atomic E-state index is 0.280. The van der Waals surface area contributed by atoms with E-state index in [0.717, 1.165) is 0 Å². The molecule has 1 aliphatic rings. The maximum atomic E-state index is 2.29. The van der Waals surface area contributed by atoms with Gasteiger partial charge in [-0.15, -0.1) is 0 Å². The maximum Gasteiger partial charge on any atom is 0.0199 e. The van der Waals surface area contributed by atoms with Crippen molar-refractivity contribution in [3.63, 3.8) is 0 Å². The summed E-state index contributed by atoms with van der Waals surface area (Å²) in [6.07, 6.45) is 12.0. The van der Waals surface area contributed by atoms with Gasteiger partial charge in [-0.3, -0.25) is 0 Å². The van der Waals surface area contributed by atoms with Gasteiger partial charge in [-0.2, -0.15) is 0 Å². The lowest BCUT2D eigenvalue weighted by Gasteiger charge is -2.31. The Balaban J connectivity index is 0.000000921.